The number of hydrogen-bond acceptors (Lipinski definition) is 4. The van der Waals surface area contributed by atoms with Crippen LogP contribution in [0.15, 0.2) is 23.1 Å². The Morgan fingerprint density at radius 2 is 1.95 bits per heavy atom. The second-order valence-corrected chi connectivity index (χ2v) is 7.16. The molecule has 0 amide bonds. The molecule has 0 saturated carbocycles. The molecule has 0 spiro atoms. The molecule has 0 bridgehead atoms. The standard InChI is InChI=1S/C12H16ClN3O2S2/c13-11-8-9(4-5-10(11)12(14)19)20(17,18)15-16-6-2-1-3-7-16/h4-5,8,15H,1-3,6-7H2,(H2,14,19). The first kappa shape index (κ1) is 15.7. The summed E-state index contributed by atoms with van der Waals surface area (Å²) in [6.45, 7) is 1.44. The third kappa shape index (κ3) is 3.67. The molecule has 1 aliphatic rings. The van der Waals surface area contributed by atoms with E-state index in [1.54, 1.807) is 5.01 Å². The lowest BCUT2D eigenvalue weighted by Gasteiger charge is -2.26. The molecular formula is C12H16ClN3O2S2. The number of rotatable bonds is 4. The first-order valence-electron chi connectivity index (χ1n) is 6.27. The number of hydrogen-bond donors (Lipinski definition) is 2. The number of hydrazine groups is 1. The Labute approximate surface area is 129 Å². The molecule has 0 radical (unpaired) electrons. The van der Waals surface area contributed by atoms with E-state index >= 15 is 0 Å². The molecule has 1 aromatic rings. The number of halogens is 1. The van der Waals surface area contributed by atoms with Crippen molar-refractivity contribution in [2.45, 2.75) is 24.2 Å². The lowest BCUT2D eigenvalue weighted by molar-refractivity contribution is 0.200. The number of piperidine rings is 1. The summed E-state index contributed by atoms with van der Waals surface area (Å²) in [6, 6.07) is 4.34. The van der Waals surface area contributed by atoms with Crippen LogP contribution in [0.25, 0.3) is 0 Å². The average Bonchev–Trinajstić information content (AvgIpc) is 2.38. The Hall–Kier alpha value is -0.730. The highest BCUT2D eigenvalue weighted by Crippen LogP contribution is 2.21. The predicted molar refractivity (Wildman–Crippen MR) is 83.1 cm³/mol. The molecule has 110 valence electrons. The van der Waals surface area contributed by atoms with Gasteiger partial charge in [0.15, 0.2) is 0 Å². The van der Waals surface area contributed by atoms with Crippen molar-refractivity contribution in [2.24, 2.45) is 5.73 Å². The van der Waals surface area contributed by atoms with Gasteiger partial charge in [0.25, 0.3) is 10.0 Å². The number of benzene rings is 1. The maximum atomic E-state index is 12.3. The predicted octanol–water partition coefficient (Wildman–Crippen LogP) is 1.65. The van der Waals surface area contributed by atoms with Gasteiger partial charge in [-0.2, -0.15) is 0 Å². The highest BCUT2D eigenvalue weighted by atomic mass is 35.5. The monoisotopic (exact) mass is 333 g/mol. The molecule has 0 unspecified atom stereocenters. The van der Waals surface area contributed by atoms with Crippen molar-refractivity contribution in [3.8, 4) is 0 Å². The topological polar surface area (TPSA) is 75.4 Å². The Morgan fingerprint density at radius 3 is 2.50 bits per heavy atom. The first-order chi connectivity index (χ1) is 9.40. The van der Waals surface area contributed by atoms with Gasteiger partial charge >= 0.3 is 0 Å². The smallest absolute Gasteiger partial charge is 0.253 e. The summed E-state index contributed by atoms with van der Waals surface area (Å²) in [5.74, 6) is 0. The Morgan fingerprint density at radius 1 is 1.30 bits per heavy atom. The van der Waals surface area contributed by atoms with E-state index in [0.717, 1.165) is 32.4 Å². The van der Waals surface area contributed by atoms with Gasteiger partial charge in [-0.1, -0.05) is 30.2 Å². The van der Waals surface area contributed by atoms with Crippen LogP contribution in [0.2, 0.25) is 5.02 Å². The van der Waals surface area contributed by atoms with Crippen molar-refractivity contribution in [3.63, 3.8) is 0 Å². The van der Waals surface area contributed by atoms with E-state index in [1.807, 2.05) is 0 Å². The first-order valence-corrected chi connectivity index (χ1v) is 8.54. The van der Waals surface area contributed by atoms with Crippen LogP contribution >= 0.6 is 23.8 Å². The number of sulfonamides is 1. The SMILES string of the molecule is NC(=S)c1ccc(S(=O)(=O)NN2CCCCC2)cc1Cl. The van der Waals surface area contributed by atoms with Crippen LogP contribution in [-0.2, 0) is 10.0 Å². The molecule has 8 heteroatoms. The van der Waals surface area contributed by atoms with Crippen molar-refractivity contribution in [1.29, 1.82) is 0 Å². The van der Waals surface area contributed by atoms with Gasteiger partial charge in [0.1, 0.15) is 4.99 Å². The fourth-order valence-corrected chi connectivity index (χ4v) is 3.80. The van der Waals surface area contributed by atoms with Crippen LogP contribution in [0, 0.1) is 0 Å². The maximum absolute atomic E-state index is 12.3. The minimum absolute atomic E-state index is 0.105. The van der Waals surface area contributed by atoms with Crippen molar-refractivity contribution >= 4 is 38.8 Å². The van der Waals surface area contributed by atoms with Crippen molar-refractivity contribution in [2.75, 3.05) is 13.1 Å². The Kier molecular flexibility index (Phi) is 4.98. The molecule has 2 rings (SSSR count). The number of nitrogens with two attached hydrogens (primary N) is 1. The highest BCUT2D eigenvalue weighted by molar-refractivity contribution is 7.89. The number of thiocarbonyl (C=S) groups is 1. The average molecular weight is 334 g/mol. The van der Waals surface area contributed by atoms with Gasteiger partial charge < -0.3 is 5.73 Å². The van der Waals surface area contributed by atoms with Gasteiger partial charge in [0.05, 0.1) is 9.92 Å². The largest absolute Gasteiger partial charge is 0.389 e. The zero-order valence-corrected chi connectivity index (χ0v) is 13.2. The van der Waals surface area contributed by atoms with Crippen molar-refractivity contribution < 1.29 is 8.42 Å². The van der Waals surface area contributed by atoms with Gasteiger partial charge in [-0.15, -0.1) is 4.83 Å². The van der Waals surface area contributed by atoms with E-state index in [9.17, 15) is 8.42 Å². The molecule has 0 aliphatic carbocycles. The van der Waals surface area contributed by atoms with Gasteiger partial charge in [-0.3, -0.25) is 0 Å². The summed E-state index contributed by atoms with van der Waals surface area (Å²) in [5.41, 5.74) is 5.97. The molecule has 1 heterocycles. The van der Waals surface area contributed by atoms with Crippen molar-refractivity contribution in [3.05, 3.63) is 28.8 Å². The number of nitrogens with one attached hydrogen (secondary N) is 1. The van der Waals surface area contributed by atoms with E-state index in [2.05, 4.69) is 4.83 Å². The summed E-state index contributed by atoms with van der Waals surface area (Å²) < 4.78 is 24.5. The Bertz CT molecular complexity index is 613. The molecule has 20 heavy (non-hydrogen) atoms. The van der Waals surface area contributed by atoms with Crippen LogP contribution in [0.1, 0.15) is 24.8 Å². The molecule has 1 aliphatic heterocycles. The zero-order chi connectivity index (χ0) is 14.8. The van der Waals surface area contributed by atoms with E-state index in [4.69, 9.17) is 29.6 Å². The summed E-state index contributed by atoms with van der Waals surface area (Å²) in [4.78, 5) is 2.82. The quantitative estimate of drug-likeness (QED) is 0.819. The van der Waals surface area contributed by atoms with E-state index < -0.39 is 10.0 Å². The molecular weight excluding hydrogens is 318 g/mol. The zero-order valence-electron chi connectivity index (χ0n) is 10.8. The molecule has 0 aromatic heterocycles. The minimum Gasteiger partial charge on any atom is -0.389 e. The van der Waals surface area contributed by atoms with Gasteiger partial charge in [-0.25, -0.2) is 13.4 Å². The van der Waals surface area contributed by atoms with E-state index in [-0.39, 0.29) is 14.9 Å². The molecule has 0 atom stereocenters. The second-order valence-electron chi connectivity index (χ2n) is 4.65. The Balaban J connectivity index is 2.20. The van der Waals surface area contributed by atoms with Gasteiger partial charge in [0.2, 0.25) is 0 Å². The minimum atomic E-state index is -3.62. The van der Waals surface area contributed by atoms with Crippen LogP contribution in [0.5, 0.6) is 0 Å². The summed E-state index contributed by atoms with van der Waals surface area (Å²) in [7, 11) is -3.62. The molecule has 5 nitrogen and oxygen atoms in total. The van der Waals surface area contributed by atoms with Gasteiger partial charge in [0, 0.05) is 18.7 Å². The molecule has 3 N–H and O–H groups in total. The third-order valence-electron chi connectivity index (χ3n) is 3.12. The summed E-state index contributed by atoms with van der Waals surface area (Å²) in [5, 5.41) is 1.95. The summed E-state index contributed by atoms with van der Waals surface area (Å²) in [6.07, 6.45) is 3.11. The van der Waals surface area contributed by atoms with E-state index in [1.165, 1.54) is 18.2 Å². The lowest BCUT2D eigenvalue weighted by Crippen LogP contribution is -2.44. The normalized spacial score (nSPS) is 17.1. The maximum Gasteiger partial charge on any atom is 0.253 e. The van der Waals surface area contributed by atoms with Crippen LogP contribution in [-0.4, -0.2) is 31.5 Å². The van der Waals surface area contributed by atoms with Crippen LogP contribution in [0.4, 0.5) is 0 Å². The second kappa shape index (κ2) is 6.36. The van der Waals surface area contributed by atoms with Gasteiger partial charge in [-0.05, 0) is 31.0 Å². The molecule has 1 fully saturated rings. The van der Waals surface area contributed by atoms with Crippen molar-refractivity contribution in [1.82, 2.24) is 9.84 Å². The van der Waals surface area contributed by atoms with E-state index in [0.29, 0.717) is 5.56 Å². The fourth-order valence-electron chi connectivity index (χ4n) is 2.07. The summed E-state index contributed by atoms with van der Waals surface area (Å²) >= 11 is 10.8. The lowest BCUT2D eigenvalue weighted by atomic mass is 10.2. The fraction of sp³-hybridized carbons (Fsp3) is 0.417. The molecule has 1 aromatic carbocycles. The number of nitrogens with zero attached hydrogens (tertiary/aromatic N) is 1. The molecule has 1 saturated heterocycles. The third-order valence-corrected chi connectivity index (χ3v) is 5.03. The van der Waals surface area contributed by atoms with Crippen LogP contribution < -0.4 is 10.6 Å². The van der Waals surface area contributed by atoms with Crippen LogP contribution in [0.3, 0.4) is 0 Å². The highest BCUT2D eigenvalue weighted by Gasteiger charge is 2.21.